The lowest BCUT2D eigenvalue weighted by molar-refractivity contribution is 0.0982. The summed E-state index contributed by atoms with van der Waals surface area (Å²) in [7, 11) is 3.82. The number of carbonyl (C=O) groups is 1. The first-order chi connectivity index (χ1) is 16.4. The Morgan fingerprint density at radius 3 is 2.50 bits per heavy atom. The van der Waals surface area contributed by atoms with E-state index in [1.165, 1.54) is 0 Å². The molecule has 2 aliphatic heterocycles. The number of likely N-dealkylation sites (N-methyl/N-ethyl adjacent to an activating group) is 1. The van der Waals surface area contributed by atoms with E-state index in [1.807, 2.05) is 19.1 Å². The van der Waals surface area contributed by atoms with E-state index in [0.29, 0.717) is 29.6 Å². The van der Waals surface area contributed by atoms with E-state index in [0.717, 1.165) is 57.8 Å². The van der Waals surface area contributed by atoms with Crippen molar-refractivity contribution in [2.45, 2.75) is 32.2 Å². The van der Waals surface area contributed by atoms with Crippen LogP contribution in [0.1, 0.15) is 35.9 Å². The van der Waals surface area contributed by atoms with Crippen LogP contribution in [0.3, 0.4) is 0 Å². The molecule has 2 aliphatic rings. The quantitative estimate of drug-likeness (QED) is 0.615. The van der Waals surface area contributed by atoms with Crippen molar-refractivity contribution in [2.24, 2.45) is 5.73 Å². The van der Waals surface area contributed by atoms with E-state index in [9.17, 15) is 4.79 Å². The molecule has 0 radical (unpaired) electrons. The largest absolute Gasteiger partial charge is 0.494 e. The van der Waals surface area contributed by atoms with Crippen LogP contribution < -0.4 is 20.7 Å². The van der Waals surface area contributed by atoms with Crippen LogP contribution in [0.4, 0.5) is 17.2 Å². The number of primary amides is 1. The molecule has 10 heteroatoms. The van der Waals surface area contributed by atoms with Gasteiger partial charge >= 0.3 is 0 Å². The maximum atomic E-state index is 12.0. The van der Waals surface area contributed by atoms with Gasteiger partial charge in [0.05, 0.1) is 18.5 Å². The molecule has 1 aromatic carbocycles. The van der Waals surface area contributed by atoms with Crippen LogP contribution in [0.5, 0.6) is 5.75 Å². The zero-order valence-corrected chi connectivity index (χ0v) is 20.9. The van der Waals surface area contributed by atoms with Gasteiger partial charge in [-0.1, -0.05) is 18.5 Å². The molecule has 2 saturated heterocycles. The minimum atomic E-state index is -0.667. The number of piperidine rings is 1. The Morgan fingerprint density at radius 2 is 1.88 bits per heavy atom. The van der Waals surface area contributed by atoms with Crippen molar-refractivity contribution in [3.8, 4) is 5.75 Å². The van der Waals surface area contributed by atoms with E-state index < -0.39 is 5.91 Å². The molecular formula is C24H34ClN7O2. The normalized spacial score (nSPS) is 18.2. The zero-order chi connectivity index (χ0) is 24.2. The number of benzene rings is 1. The van der Waals surface area contributed by atoms with Gasteiger partial charge in [0, 0.05) is 57.1 Å². The van der Waals surface area contributed by atoms with Crippen LogP contribution in [-0.2, 0) is 6.42 Å². The van der Waals surface area contributed by atoms with Crippen molar-refractivity contribution in [2.75, 3.05) is 63.6 Å². The van der Waals surface area contributed by atoms with Gasteiger partial charge in [-0.05, 0) is 38.4 Å². The van der Waals surface area contributed by atoms with Gasteiger partial charge in [0.25, 0.3) is 5.91 Å². The fourth-order valence-corrected chi connectivity index (χ4v) is 4.98. The second kappa shape index (κ2) is 10.8. The van der Waals surface area contributed by atoms with Gasteiger partial charge in [0.1, 0.15) is 5.75 Å². The Morgan fingerprint density at radius 1 is 1.18 bits per heavy atom. The van der Waals surface area contributed by atoms with E-state index >= 15 is 0 Å². The van der Waals surface area contributed by atoms with Crippen LogP contribution in [0.15, 0.2) is 18.2 Å². The number of nitrogens with two attached hydrogens (primary N) is 1. The van der Waals surface area contributed by atoms with Crippen LogP contribution in [0.2, 0.25) is 5.15 Å². The topological polar surface area (TPSA) is 99.8 Å². The maximum Gasteiger partial charge on any atom is 0.271 e. The lowest BCUT2D eigenvalue weighted by Crippen LogP contribution is -2.52. The Balaban J connectivity index is 1.47. The first-order valence-electron chi connectivity index (χ1n) is 11.9. The molecule has 4 rings (SSSR count). The standard InChI is InChI=1S/C24H34ClN7O2/c1-4-18-22(25)29-24(21(27-18)23(26)33)28-19-6-5-17(15-20(19)34-3)31-9-7-16(8-10-31)32-13-11-30(2)12-14-32/h5-6,15-16H,4,7-14H2,1-3H3,(H2,26,33)(H,28,29). The van der Waals surface area contributed by atoms with Gasteiger partial charge in [-0.25, -0.2) is 9.97 Å². The first kappa shape index (κ1) is 24.5. The van der Waals surface area contributed by atoms with Gasteiger partial charge in [0.15, 0.2) is 16.7 Å². The summed E-state index contributed by atoms with van der Waals surface area (Å²) in [5, 5.41) is 3.38. The molecule has 0 atom stereocenters. The predicted molar refractivity (Wildman–Crippen MR) is 136 cm³/mol. The Hall–Kier alpha value is -2.62. The number of aryl methyl sites for hydroxylation is 1. The number of ether oxygens (including phenoxy) is 1. The number of anilines is 3. The molecule has 1 amide bonds. The van der Waals surface area contributed by atoms with Crippen LogP contribution in [-0.4, -0.2) is 85.1 Å². The highest BCUT2D eigenvalue weighted by atomic mass is 35.5. The van der Waals surface area contributed by atoms with Crippen molar-refractivity contribution < 1.29 is 9.53 Å². The molecule has 0 saturated carbocycles. The van der Waals surface area contributed by atoms with Gasteiger partial charge in [0.2, 0.25) is 0 Å². The summed E-state index contributed by atoms with van der Waals surface area (Å²) in [5.41, 5.74) is 7.90. The number of hydrogen-bond donors (Lipinski definition) is 2. The summed E-state index contributed by atoms with van der Waals surface area (Å²) >= 11 is 6.24. The van der Waals surface area contributed by atoms with Gasteiger partial charge in [-0.2, -0.15) is 0 Å². The van der Waals surface area contributed by atoms with Crippen LogP contribution in [0.25, 0.3) is 0 Å². The first-order valence-corrected chi connectivity index (χ1v) is 12.3. The minimum absolute atomic E-state index is 0.0540. The minimum Gasteiger partial charge on any atom is -0.494 e. The smallest absolute Gasteiger partial charge is 0.271 e. The van der Waals surface area contributed by atoms with Crippen molar-refractivity contribution in [1.29, 1.82) is 0 Å². The number of rotatable bonds is 7. The van der Waals surface area contributed by atoms with E-state index in [4.69, 9.17) is 22.1 Å². The summed E-state index contributed by atoms with van der Waals surface area (Å²) in [6.07, 6.45) is 2.87. The number of hydrogen-bond acceptors (Lipinski definition) is 8. The fraction of sp³-hybridized carbons (Fsp3) is 0.542. The zero-order valence-electron chi connectivity index (χ0n) is 20.2. The Bertz CT molecular complexity index is 1020. The summed E-state index contributed by atoms with van der Waals surface area (Å²) in [4.78, 5) is 28.0. The molecule has 0 bridgehead atoms. The van der Waals surface area contributed by atoms with Gasteiger partial charge in [-0.15, -0.1) is 0 Å². The maximum absolute atomic E-state index is 12.0. The van der Waals surface area contributed by atoms with Crippen molar-refractivity contribution in [3.05, 3.63) is 34.7 Å². The highest BCUT2D eigenvalue weighted by molar-refractivity contribution is 6.30. The predicted octanol–water partition coefficient (Wildman–Crippen LogP) is 2.76. The molecule has 184 valence electrons. The number of halogens is 1. The number of nitrogens with one attached hydrogen (secondary N) is 1. The van der Waals surface area contributed by atoms with Crippen molar-refractivity contribution in [3.63, 3.8) is 0 Å². The van der Waals surface area contributed by atoms with Crippen LogP contribution in [0, 0.1) is 0 Å². The second-order valence-corrected chi connectivity index (χ2v) is 9.30. The van der Waals surface area contributed by atoms with Gasteiger partial charge < -0.3 is 25.6 Å². The number of methoxy groups -OCH3 is 1. The number of nitrogens with zero attached hydrogens (tertiary/aromatic N) is 5. The number of amides is 1. The molecule has 3 N–H and O–H groups in total. The molecule has 0 spiro atoms. The molecular weight excluding hydrogens is 454 g/mol. The van der Waals surface area contributed by atoms with Gasteiger partial charge in [-0.3, -0.25) is 9.69 Å². The average molecular weight is 488 g/mol. The monoisotopic (exact) mass is 487 g/mol. The molecule has 34 heavy (non-hydrogen) atoms. The fourth-order valence-electron chi connectivity index (χ4n) is 4.72. The highest BCUT2D eigenvalue weighted by Gasteiger charge is 2.27. The molecule has 2 aromatic rings. The van der Waals surface area contributed by atoms with E-state index in [2.05, 4.69) is 43.1 Å². The highest BCUT2D eigenvalue weighted by Crippen LogP contribution is 2.34. The van der Waals surface area contributed by atoms with Crippen molar-refractivity contribution >= 4 is 34.7 Å². The summed E-state index contributed by atoms with van der Waals surface area (Å²) in [6, 6.07) is 6.65. The number of carbonyl (C=O) groups excluding carboxylic acids is 1. The Labute approximate surface area is 206 Å². The second-order valence-electron chi connectivity index (χ2n) is 8.94. The third kappa shape index (κ3) is 5.37. The third-order valence-electron chi connectivity index (χ3n) is 6.81. The molecule has 9 nitrogen and oxygen atoms in total. The molecule has 1 aromatic heterocycles. The van der Waals surface area contributed by atoms with E-state index in [-0.39, 0.29) is 16.7 Å². The lowest BCUT2D eigenvalue weighted by Gasteiger charge is -2.42. The summed E-state index contributed by atoms with van der Waals surface area (Å²) < 4.78 is 5.65. The molecule has 3 heterocycles. The van der Waals surface area contributed by atoms with Crippen LogP contribution >= 0.6 is 11.6 Å². The molecule has 0 unspecified atom stereocenters. The Kier molecular flexibility index (Phi) is 7.75. The number of aromatic nitrogens is 2. The SMILES string of the molecule is CCc1nc(C(N)=O)c(Nc2ccc(N3CCC(N4CCN(C)CC4)CC3)cc2OC)nc1Cl. The summed E-state index contributed by atoms with van der Waals surface area (Å²) in [6.45, 7) is 8.55. The summed E-state index contributed by atoms with van der Waals surface area (Å²) in [5.74, 6) is 0.195. The lowest BCUT2D eigenvalue weighted by atomic mass is 10.0. The molecule has 0 aliphatic carbocycles. The van der Waals surface area contributed by atoms with E-state index in [1.54, 1.807) is 7.11 Å². The van der Waals surface area contributed by atoms with Crippen molar-refractivity contribution in [1.82, 2.24) is 19.8 Å². The number of piperazine rings is 1. The third-order valence-corrected chi connectivity index (χ3v) is 7.11. The average Bonchev–Trinajstić information content (AvgIpc) is 2.85. The molecule has 2 fully saturated rings.